The maximum atomic E-state index is 12.9. The van der Waals surface area contributed by atoms with Crippen LogP contribution in [0.3, 0.4) is 0 Å². The molecular weight excluding hydrogens is 412 g/mol. The lowest BCUT2D eigenvalue weighted by molar-refractivity contribution is 0.0940. The van der Waals surface area contributed by atoms with Crippen LogP contribution in [-0.4, -0.2) is 39.7 Å². The van der Waals surface area contributed by atoms with Gasteiger partial charge in [-0.15, -0.1) is 0 Å². The fourth-order valence-corrected chi connectivity index (χ4v) is 4.69. The summed E-state index contributed by atoms with van der Waals surface area (Å²) < 4.78 is 2.00. The molecule has 1 aromatic heterocycles. The van der Waals surface area contributed by atoms with Crippen molar-refractivity contribution in [2.45, 2.75) is 31.5 Å². The van der Waals surface area contributed by atoms with E-state index in [0.717, 1.165) is 41.7 Å². The largest absolute Gasteiger partial charge is 0.373 e. The molecule has 0 spiro atoms. The van der Waals surface area contributed by atoms with Crippen molar-refractivity contribution in [2.75, 3.05) is 13.1 Å². The SMILES string of the molecule is CCn1c(C(O)(c2ccccc2)c2ccccc2)nc2ccc(C(=O)NC3CCNC3)cc21. The van der Waals surface area contributed by atoms with Gasteiger partial charge in [0.25, 0.3) is 5.91 Å². The number of amides is 1. The van der Waals surface area contributed by atoms with Crippen LogP contribution in [0.5, 0.6) is 0 Å². The number of hydrogen-bond donors (Lipinski definition) is 3. The van der Waals surface area contributed by atoms with Crippen LogP contribution in [0.4, 0.5) is 0 Å². The number of hydrogen-bond acceptors (Lipinski definition) is 4. The molecule has 0 radical (unpaired) electrons. The summed E-state index contributed by atoms with van der Waals surface area (Å²) in [6, 6.07) is 24.9. The summed E-state index contributed by atoms with van der Waals surface area (Å²) in [6.45, 7) is 4.35. The Morgan fingerprint density at radius 3 is 2.33 bits per heavy atom. The molecule has 1 atom stereocenters. The first kappa shape index (κ1) is 21.4. The summed E-state index contributed by atoms with van der Waals surface area (Å²) in [5.41, 5.74) is 2.22. The first-order valence-corrected chi connectivity index (χ1v) is 11.5. The quantitative estimate of drug-likeness (QED) is 0.429. The van der Waals surface area contributed by atoms with Crippen LogP contribution < -0.4 is 10.6 Å². The predicted octanol–water partition coefficient (Wildman–Crippen LogP) is 3.43. The van der Waals surface area contributed by atoms with Crippen molar-refractivity contribution in [3.63, 3.8) is 0 Å². The molecule has 0 aliphatic carbocycles. The van der Waals surface area contributed by atoms with E-state index in [9.17, 15) is 9.90 Å². The van der Waals surface area contributed by atoms with Gasteiger partial charge in [0.15, 0.2) is 11.4 Å². The lowest BCUT2D eigenvalue weighted by Crippen LogP contribution is -2.36. The smallest absolute Gasteiger partial charge is 0.251 e. The van der Waals surface area contributed by atoms with Gasteiger partial charge in [0.05, 0.1) is 11.0 Å². The highest BCUT2D eigenvalue weighted by Gasteiger charge is 2.38. The van der Waals surface area contributed by atoms with E-state index in [1.165, 1.54) is 0 Å². The second-order valence-corrected chi connectivity index (χ2v) is 8.49. The van der Waals surface area contributed by atoms with E-state index in [4.69, 9.17) is 4.98 Å². The minimum absolute atomic E-state index is 0.0858. The molecule has 6 heteroatoms. The highest BCUT2D eigenvalue weighted by atomic mass is 16.3. The van der Waals surface area contributed by atoms with E-state index in [2.05, 4.69) is 10.6 Å². The zero-order chi connectivity index (χ0) is 22.8. The number of aliphatic hydroxyl groups is 1. The molecule has 1 unspecified atom stereocenters. The Balaban J connectivity index is 1.64. The van der Waals surface area contributed by atoms with Crippen LogP contribution in [0, 0.1) is 0 Å². The lowest BCUT2D eigenvalue weighted by Gasteiger charge is -2.29. The zero-order valence-corrected chi connectivity index (χ0v) is 18.7. The second-order valence-electron chi connectivity index (χ2n) is 8.49. The number of fused-ring (bicyclic) bond motifs is 1. The van der Waals surface area contributed by atoms with Gasteiger partial charge in [-0.3, -0.25) is 4.79 Å². The van der Waals surface area contributed by atoms with E-state index in [1.807, 2.05) is 84.3 Å². The van der Waals surface area contributed by atoms with Gasteiger partial charge in [-0.2, -0.15) is 0 Å². The number of rotatable bonds is 6. The lowest BCUT2D eigenvalue weighted by atomic mass is 9.85. The van der Waals surface area contributed by atoms with E-state index in [0.29, 0.717) is 17.9 Å². The average Bonchev–Trinajstić information content (AvgIpc) is 3.51. The van der Waals surface area contributed by atoms with Gasteiger partial charge >= 0.3 is 0 Å². The van der Waals surface area contributed by atoms with Gasteiger partial charge in [0.2, 0.25) is 0 Å². The Morgan fingerprint density at radius 2 is 1.76 bits per heavy atom. The number of aryl methyl sites for hydroxylation is 1. The fourth-order valence-electron chi connectivity index (χ4n) is 4.69. The Morgan fingerprint density at radius 1 is 1.09 bits per heavy atom. The van der Waals surface area contributed by atoms with Gasteiger partial charge in [-0.05, 0) is 49.2 Å². The van der Waals surface area contributed by atoms with E-state index in [-0.39, 0.29) is 11.9 Å². The summed E-state index contributed by atoms with van der Waals surface area (Å²) >= 11 is 0. The molecular formula is C27H28N4O2. The number of nitrogens with one attached hydrogen (secondary N) is 2. The van der Waals surface area contributed by atoms with E-state index < -0.39 is 5.60 Å². The molecule has 1 fully saturated rings. The van der Waals surface area contributed by atoms with Gasteiger partial charge in [-0.1, -0.05) is 60.7 Å². The Labute approximate surface area is 193 Å². The fraction of sp³-hybridized carbons (Fsp3) is 0.259. The van der Waals surface area contributed by atoms with E-state index in [1.54, 1.807) is 6.07 Å². The predicted molar refractivity (Wildman–Crippen MR) is 129 cm³/mol. The third-order valence-corrected chi connectivity index (χ3v) is 6.43. The topological polar surface area (TPSA) is 79.2 Å². The Hall–Kier alpha value is -3.48. The summed E-state index contributed by atoms with van der Waals surface area (Å²) in [5, 5.41) is 18.6. The first-order valence-electron chi connectivity index (χ1n) is 11.5. The molecule has 1 aliphatic rings. The molecule has 1 amide bonds. The normalized spacial score (nSPS) is 16.2. The summed E-state index contributed by atoms with van der Waals surface area (Å²) in [7, 11) is 0. The van der Waals surface area contributed by atoms with Gasteiger partial charge in [0, 0.05) is 24.7 Å². The van der Waals surface area contributed by atoms with Crippen molar-refractivity contribution in [3.8, 4) is 0 Å². The minimum atomic E-state index is -1.44. The molecule has 33 heavy (non-hydrogen) atoms. The van der Waals surface area contributed by atoms with Crippen LogP contribution in [0.25, 0.3) is 11.0 Å². The molecule has 3 aromatic carbocycles. The van der Waals surface area contributed by atoms with E-state index >= 15 is 0 Å². The summed E-state index contributed by atoms with van der Waals surface area (Å²) in [4.78, 5) is 17.8. The number of imidazole rings is 1. The van der Waals surface area contributed by atoms with Crippen molar-refractivity contribution in [2.24, 2.45) is 0 Å². The van der Waals surface area contributed by atoms with Gasteiger partial charge in [0.1, 0.15) is 0 Å². The van der Waals surface area contributed by atoms with Crippen LogP contribution in [0.15, 0.2) is 78.9 Å². The Bertz CT molecular complexity index is 1220. The highest BCUT2D eigenvalue weighted by molar-refractivity contribution is 5.97. The molecule has 4 aromatic rings. The standard InChI is InChI=1S/C27H28N4O2/c1-2-31-24-17-19(25(32)29-22-15-16-28-18-22)13-14-23(24)30-26(31)27(33,20-9-5-3-6-10-20)21-11-7-4-8-12-21/h3-14,17,22,28,33H,2,15-16,18H2,1H3,(H,29,32). The molecule has 2 heterocycles. The monoisotopic (exact) mass is 440 g/mol. The third kappa shape index (κ3) is 3.81. The molecule has 168 valence electrons. The van der Waals surface area contributed by atoms with Crippen LogP contribution in [0.1, 0.15) is 40.7 Å². The molecule has 1 aliphatic heterocycles. The molecule has 0 bridgehead atoms. The molecule has 6 nitrogen and oxygen atoms in total. The average molecular weight is 441 g/mol. The summed E-state index contributed by atoms with van der Waals surface area (Å²) in [6.07, 6.45) is 0.937. The number of aromatic nitrogens is 2. The summed E-state index contributed by atoms with van der Waals surface area (Å²) in [5.74, 6) is 0.451. The third-order valence-electron chi connectivity index (χ3n) is 6.43. The minimum Gasteiger partial charge on any atom is -0.373 e. The molecule has 1 saturated heterocycles. The number of carbonyl (C=O) groups is 1. The van der Waals surface area contributed by atoms with Crippen LogP contribution in [0.2, 0.25) is 0 Å². The van der Waals surface area contributed by atoms with Gasteiger partial charge < -0.3 is 20.3 Å². The maximum Gasteiger partial charge on any atom is 0.251 e. The second kappa shape index (κ2) is 8.81. The van der Waals surface area contributed by atoms with Crippen molar-refractivity contribution in [1.29, 1.82) is 0 Å². The highest BCUT2D eigenvalue weighted by Crippen LogP contribution is 2.37. The van der Waals surface area contributed by atoms with Crippen molar-refractivity contribution in [1.82, 2.24) is 20.2 Å². The van der Waals surface area contributed by atoms with Crippen LogP contribution in [-0.2, 0) is 12.1 Å². The van der Waals surface area contributed by atoms with Gasteiger partial charge in [-0.25, -0.2) is 4.98 Å². The van der Waals surface area contributed by atoms with Crippen molar-refractivity contribution >= 4 is 16.9 Å². The van der Waals surface area contributed by atoms with Crippen LogP contribution >= 0.6 is 0 Å². The molecule has 5 rings (SSSR count). The van der Waals surface area contributed by atoms with Crippen molar-refractivity contribution < 1.29 is 9.90 Å². The number of nitrogens with zero attached hydrogens (tertiary/aromatic N) is 2. The molecule has 0 saturated carbocycles. The first-order chi connectivity index (χ1) is 16.1. The van der Waals surface area contributed by atoms with Crippen molar-refractivity contribution in [3.05, 3.63) is 101 Å². The number of carbonyl (C=O) groups excluding carboxylic acids is 1. The number of benzene rings is 3. The zero-order valence-electron chi connectivity index (χ0n) is 18.7. The molecule has 3 N–H and O–H groups in total. The maximum absolute atomic E-state index is 12.9. The Kier molecular flexibility index (Phi) is 5.70.